The van der Waals surface area contributed by atoms with Crippen LogP contribution in [0.4, 0.5) is 0 Å². The van der Waals surface area contributed by atoms with Crippen LogP contribution in [-0.2, 0) is 0 Å². The van der Waals surface area contributed by atoms with Gasteiger partial charge in [-0.05, 0) is 60.7 Å². The number of carboxylic acids is 1. The zero-order chi connectivity index (χ0) is 24.1. The summed E-state index contributed by atoms with van der Waals surface area (Å²) in [5.74, 6) is -3.86. The van der Waals surface area contributed by atoms with Gasteiger partial charge in [0.15, 0.2) is 11.6 Å². The second-order valence-corrected chi connectivity index (χ2v) is 6.95. The maximum Gasteiger partial charge on any atom is 0.336 e. The number of hydrogen-bond acceptors (Lipinski definition) is 7. The Morgan fingerprint density at radius 2 is 1.00 bits per heavy atom. The summed E-state index contributed by atoms with van der Waals surface area (Å²) in [5, 5.41) is 48.6. The van der Waals surface area contributed by atoms with Crippen molar-refractivity contribution in [2.75, 3.05) is 0 Å². The van der Waals surface area contributed by atoms with Crippen molar-refractivity contribution in [1.82, 2.24) is 0 Å². The van der Waals surface area contributed by atoms with Crippen LogP contribution in [-0.4, -0.2) is 43.1 Å². The van der Waals surface area contributed by atoms with E-state index in [2.05, 4.69) is 0 Å². The monoisotopic (exact) mass is 446 g/mol. The lowest BCUT2D eigenvalue weighted by Gasteiger charge is -2.08. The van der Waals surface area contributed by atoms with E-state index in [1.807, 2.05) is 0 Å². The van der Waals surface area contributed by atoms with Crippen LogP contribution in [0.5, 0.6) is 11.5 Å². The summed E-state index contributed by atoms with van der Waals surface area (Å²) >= 11 is 0. The Balaban J connectivity index is 1.96. The van der Waals surface area contributed by atoms with Gasteiger partial charge in [-0.25, -0.2) is 4.79 Å². The molecule has 0 unspecified atom stereocenters. The van der Waals surface area contributed by atoms with Crippen molar-refractivity contribution in [2.45, 2.75) is 0 Å². The first kappa shape index (κ1) is 22.8. The third kappa shape index (κ3) is 5.45. The van der Waals surface area contributed by atoms with Crippen molar-refractivity contribution < 1.29 is 39.9 Å². The van der Waals surface area contributed by atoms with Gasteiger partial charge < -0.3 is 25.5 Å². The summed E-state index contributed by atoms with van der Waals surface area (Å²) in [6.07, 6.45) is 1.72. The predicted octanol–water partition coefficient (Wildman–Crippen LogP) is 4.36. The van der Waals surface area contributed by atoms with E-state index in [0.717, 1.165) is 24.3 Å². The summed E-state index contributed by atoms with van der Waals surface area (Å²) in [6, 6.07) is 14.1. The number of aromatic hydroxyl groups is 2. The number of carbonyl (C=O) groups excluding carboxylic acids is 2. The molecule has 0 aliphatic heterocycles. The van der Waals surface area contributed by atoms with E-state index < -0.39 is 29.1 Å². The molecule has 0 atom stereocenters. The van der Waals surface area contributed by atoms with E-state index in [9.17, 15) is 39.9 Å². The third-order valence-corrected chi connectivity index (χ3v) is 4.66. The molecule has 8 nitrogen and oxygen atoms in total. The van der Waals surface area contributed by atoms with Crippen molar-refractivity contribution >= 4 is 29.1 Å². The van der Waals surface area contributed by atoms with Crippen molar-refractivity contribution in [3.63, 3.8) is 0 Å². The smallest absolute Gasteiger partial charge is 0.336 e. The Labute approximate surface area is 187 Å². The second kappa shape index (κ2) is 9.52. The largest absolute Gasteiger partial charge is 0.508 e. The zero-order valence-corrected chi connectivity index (χ0v) is 17.0. The number of phenols is 2. The highest BCUT2D eigenvalue weighted by molar-refractivity contribution is 6.14. The highest BCUT2D eigenvalue weighted by atomic mass is 16.4. The number of carbonyl (C=O) groups is 3. The number of aromatic carboxylic acids is 1. The SMILES string of the molecule is O=C(C=C(O)c1ccc(C(=O)O)c(C(=O)C=C(O)c2ccc(O)cc2)c1)c1ccc(O)cc1. The fraction of sp³-hybridized carbons (Fsp3) is 0. The minimum atomic E-state index is -1.40. The Morgan fingerprint density at radius 3 is 1.55 bits per heavy atom. The Kier molecular flexibility index (Phi) is 6.59. The van der Waals surface area contributed by atoms with Crippen molar-refractivity contribution in [2.24, 2.45) is 0 Å². The summed E-state index contributed by atoms with van der Waals surface area (Å²) in [4.78, 5) is 36.6. The molecule has 0 bridgehead atoms. The first-order valence-corrected chi connectivity index (χ1v) is 9.52. The van der Waals surface area contributed by atoms with Crippen LogP contribution in [0.3, 0.4) is 0 Å². The Hall–Kier alpha value is -4.85. The molecule has 0 saturated carbocycles. The molecule has 0 amide bonds. The molecule has 0 aliphatic rings. The molecule has 0 fully saturated rings. The molecule has 8 heteroatoms. The first-order valence-electron chi connectivity index (χ1n) is 9.52. The number of rotatable bonds is 7. The van der Waals surface area contributed by atoms with E-state index in [1.54, 1.807) is 0 Å². The van der Waals surface area contributed by atoms with Crippen LogP contribution in [0.2, 0.25) is 0 Å². The molecule has 166 valence electrons. The molecular formula is C25H18O8. The van der Waals surface area contributed by atoms with Crippen LogP contribution in [0.25, 0.3) is 11.5 Å². The third-order valence-electron chi connectivity index (χ3n) is 4.66. The summed E-state index contributed by atoms with van der Waals surface area (Å²) in [6.45, 7) is 0. The number of carboxylic acid groups (broad SMARTS) is 1. The summed E-state index contributed by atoms with van der Waals surface area (Å²) in [5.41, 5.74) is -0.262. The molecule has 33 heavy (non-hydrogen) atoms. The quantitative estimate of drug-likeness (QED) is 0.204. The highest BCUT2D eigenvalue weighted by Gasteiger charge is 2.18. The molecule has 0 aromatic heterocycles. The molecule has 3 aromatic rings. The maximum absolute atomic E-state index is 12.7. The van der Waals surface area contributed by atoms with Gasteiger partial charge in [0.2, 0.25) is 0 Å². The number of hydrogen-bond donors (Lipinski definition) is 5. The van der Waals surface area contributed by atoms with Gasteiger partial charge in [0.05, 0.1) is 5.56 Å². The minimum absolute atomic E-state index is 0.00741. The molecule has 5 N–H and O–H groups in total. The minimum Gasteiger partial charge on any atom is -0.508 e. The molecule has 3 aromatic carbocycles. The molecule has 0 heterocycles. The van der Waals surface area contributed by atoms with Crippen LogP contribution >= 0.6 is 0 Å². The summed E-state index contributed by atoms with van der Waals surface area (Å²) in [7, 11) is 0. The number of aliphatic hydroxyl groups excluding tert-OH is 2. The van der Waals surface area contributed by atoms with Gasteiger partial charge in [-0.3, -0.25) is 9.59 Å². The maximum atomic E-state index is 12.7. The van der Waals surface area contributed by atoms with Gasteiger partial charge in [-0.15, -0.1) is 0 Å². The van der Waals surface area contributed by atoms with E-state index >= 15 is 0 Å². The number of phenolic OH excluding ortho intramolecular Hbond substituents is 2. The lowest BCUT2D eigenvalue weighted by atomic mass is 9.98. The zero-order valence-electron chi connectivity index (χ0n) is 17.0. The standard InChI is InChI=1S/C25H18O8/c26-17-6-1-14(2-7-17)21(28)12-23(30)16-5-10-19(25(32)33)20(11-16)24(31)13-22(29)15-3-8-18(27)9-4-15/h1-13,26-27,29-30H,(H,32,33). The van der Waals surface area contributed by atoms with Crippen LogP contribution in [0.15, 0.2) is 78.9 Å². The predicted molar refractivity (Wildman–Crippen MR) is 119 cm³/mol. The molecule has 0 radical (unpaired) electrons. The van der Waals surface area contributed by atoms with Gasteiger partial charge in [0.25, 0.3) is 0 Å². The molecule has 3 rings (SSSR count). The number of allylic oxidation sites excluding steroid dienone is 2. The number of benzene rings is 3. The topological polar surface area (TPSA) is 152 Å². The molecular weight excluding hydrogens is 428 g/mol. The van der Waals surface area contributed by atoms with Crippen molar-refractivity contribution in [3.05, 3.63) is 107 Å². The number of aliphatic hydroxyl groups is 2. The lowest BCUT2D eigenvalue weighted by Crippen LogP contribution is -2.08. The average Bonchev–Trinajstić information content (AvgIpc) is 2.79. The van der Waals surface area contributed by atoms with Gasteiger partial charge in [-0.1, -0.05) is 6.07 Å². The number of ketones is 2. The second-order valence-electron chi connectivity index (χ2n) is 6.95. The Bertz CT molecular complexity index is 1280. The van der Waals surface area contributed by atoms with Crippen LogP contribution in [0.1, 0.15) is 42.2 Å². The van der Waals surface area contributed by atoms with E-state index in [4.69, 9.17) is 0 Å². The van der Waals surface area contributed by atoms with Gasteiger partial charge in [0.1, 0.15) is 23.0 Å². The molecule has 0 aliphatic carbocycles. The van der Waals surface area contributed by atoms with Crippen molar-refractivity contribution in [1.29, 1.82) is 0 Å². The van der Waals surface area contributed by atoms with Crippen LogP contribution < -0.4 is 0 Å². The van der Waals surface area contributed by atoms with Crippen molar-refractivity contribution in [3.8, 4) is 11.5 Å². The normalized spacial score (nSPS) is 11.8. The summed E-state index contributed by atoms with van der Waals surface area (Å²) < 4.78 is 0. The van der Waals surface area contributed by atoms with Gasteiger partial charge in [0, 0.05) is 34.4 Å². The van der Waals surface area contributed by atoms with Crippen LogP contribution in [0, 0.1) is 0 Å². The highest BCUT2D eigenvalue weighted by Crippen LogP contribution is 2.22. The molecule has 0 saturated heterocycles. The van der Waals surface area contributed by atoms with E-state index in [0.29, 0.717) is 0 Å². The first-order chi connectivity index (χ1) is 15.7. The van der Waals surface area contributed by atoms with E-state index in [-0.39, 0.29) is 39.3 Å². The fourth-order valence-corrected chi connectivity index (χ4v) is 2.93. The average molecular weight is 446 g/mol. The van der Waals surface area contributed by atoms with Gasteiger partial charge in [-0.2, -0.15) is 0 Å². The fourth-order valence-electron chi connectivity index (χ4n) is 2.93. The Morgan fingerprint density at radius 1 is 0.545 bits per heavy atom. The van der Waals surface area contributed by atoms with E-state index in [1.165, 1.54) is 54.6 Å². The molecule has 0 spiro atoms. The van der Waals surface area contributed by atoms with Gasteiger partial charge >= 0.3 is 5.97 Å². The lowest BCUT2D eigenvalue weighted by molar-refractivity contribution is 0.0692.